The minimum Gasteiger partial charge on any atom is -0.497 e. The largest absolute Gasteiger partial charge is 0.497 e. The van der Waals surface area contributed by atoms with Gasteiger partial charge in [0, 0.05) is 22.2 Å². The SMILES string of the molecule is COc1ccc2nc(N(Cc3ccccc3)C(=O)c3cc4cc([N+](=O)[O-])ccc4s3)sc2c1. The molecule has 2 aromatic heterocycles. The molecule has 0 N–H and O–H groups in total. The van der Waals surface area contributed by atoms with Gasteiger partial charge in [-0.1, -0.05) is 41.7 Å². The van der Waals surface area contributed by atoms with Gasteiger partial charge in [0.1, 0.15) is 5.75 Å². The maximum Gasteiger partial charge on any atom is 0.270 e. The van der Waals surface area contributed by atoms with Crippen LogP contribution in [0, 0.1) is 10.1 Å². The second-order valence-electron chi connectivity index (χ2n) is 7.30. The number of thiophene rings is 1. The Labute approximate surface area is 196 Å². The lowest BCUT2D eigenvalue weighted by Gasteiger charge is -2.19. The number of benzene rings is 3. The molecule has 0 unspecified atom stereocenters. The van der Waals surface area contributed by atoms with Crippen LogP contribution in [0.5, 0.6) is 5.75 Å². The van der Waals surface area contributed by atoms with Crippen molar-refractivity contribution in [2.75, 3.05) is 12.0 Å². The van der Waals surface area contributed by atoms with Crippen LogP contribution in [0.1, 0.15) is 15.2 Å². The highest BCUT2D eigenvalue weighted by Crippen LogP contribution is 2.35. The summed E-state index contributed by atoms with van der Waals surface area (Å²) in [6, 6.07) is 21.7. The van der Waals surface area contributed by atoms with Crippen LogP contribution in [0.4, 0.5) is 10.8 Å². The van der Waals surface area contributed by atoms with Crippen molar-refractivity contribution >= 4 is 59.7 Å². The fraction of sp³-hybridized carbons (Fsp3) is 0.0833. The molecule has 0 atom stereocenters. The Morgan fingerprint density at radius 2 is 1.85 bits per heavy atom. The Morgan fingerprint density at radius 1 is 1.03 bits per heavy atom. The zero-order valence-electron chi connectivity index (χ0n) is 17.4. The first-order valence-corrected chi connectivity index (χ1v) is 11.6. The Balaban J connectivity index is 1.57. The number of nitro groups is 1. The van der Waals surface area contributed by atoms with E-state index in [9.17, 15) is 14.9 Å². The van der Waals surface area contributed by atoms with Gasteiger partial charge >= 0.3 is 0 Å². The van der Waals surface area contributed by atoms with Crippen molar-refractivity contribution in [3.05, 3.63) is 93.4 Å². The lowest BCUT2D eigenvalue weighted by molar-refractivity contribution is -0.384. The summed E-state index contributed by atoms with van der Waals surface area (Å²) in [5, 5.41) is 12.4. The van der Waals surface area contributed by atoms with E-state index in [1.165, 1.54) is 34.8 Å². The van der Waals surface area contributed by atoms with Crippen molar-refractivity contribution in [3.63, 3.8) is 0 Å². The third-order valence-electron chi connectivity index (χ3n) is 5.17. The summed E-state index contributed by atoms with van der Waals surface area (Å²) in [7, 11) is 1.61. The zero-order chi connectivity index (χ0) is 22.9. The van der Waals surface area contributed by atoms with Crippen LogP contribution in [0.2, 0.25) is 0 Å². The molecule has 9 heteroatoms. The zero-order valence-corrected chi connectivity index (χ0v) is 19.1. The quantitative estimate of drug-likeness (QED) is 0.213. The van der Waals surface area contributed by atoms with E-state index in [0.29, 0.717) is 21.9 Å². The molecule has 164 valence electrons. The van der Waals surface area contributed by atoms with Gasteiger partial charge in [-0.2, -0.15) is 0 Å². The number of non-ortho nitro benzene ring substituents is 1. The van der Waals surface area contributed by atoms with Gasteiger partial charge in [-0.3, -0.25) is 19.8 Å². The molecule has 0 spiro atoms. The number of nitrogens with zero attached hydrogens (tertiary/aromatic N) is 3. The smallest absolute Gasteiger partial charge is 0.270 e. The van der Waals surface area contributed by atoms with E-state index in [-0.39, 0.29) is 11.6 Å². The summed E-state index contributed by atoms with van der Waals surface area (Å²) in [5.74, 6) is 0.526. The summed E-state index contributed by atoms with van der Waals surface area (Å²) in [4.78, 5) is 31.2. The number of amides is 1. The van der Waals surface area contributed by atoms with Crippen molar-refractivity contribution < 1.29 is 14.5 Å². The van der Waals surface area contributed by atoms with E-state index >= 15 is 0 Å². The summed E-state index contributed by atoms with van der Waals surface area (Å²) in [6.07, 6.45) is 0. The molecule has 0 aliphatic rings. The number of fused-ring (bicyclic) bond motifs is 2. The highest BCUT2D eigenvalue weighted by molar-refractivity contribution is 7.23. The molecule has 7 nitrogen and oxygen atoms in total. The summed E-state index contributed by atoms with van der Waals surface area (Å²) < 4.78 is 7.05. The van der Waals surface area contributed by atoms with Crippen molar-refractivity contribution in [2.24, 2.45) is 0 Å². The van der Waals surface area contributed by atoms with Gasteiger partial charge in [-0.25, -0.2) is 4.98 Å². The first-order valence-electron chi connectivity index (χ1n) is 10.0. The van der Waals surface area contributed by atoms with Crippen molar-refractivity contribution in [1.82, 2.24) is 4.98 Å². The topological polar surface area (TPSA) is 85.6 Å². The molecule has 2 heterocycles. The lowest BCUT2D eigenvalue weighted by atomic mass is 10.2. The lowest BCUT2D eigenvalue weighted by Crippen LogP contribution is -2.29. The van der Waals surface area contributed by atoms with Gasteiger partial charge in [-0.15, -0.1) is 11.3 Å². The molecule has 5 aromatic rings. The average molecular weight is 476 g/mol. The Hall–Kier alpha value is -3.82. The molecule has 0 bridgehead atoms. The number of rotatable bonds is 6. The normalized spacial score (nSPS) is 11.1. The van der Waals surface area contributed by atoms with Gasteiger partial charge in [0.15, 0.2) is 5.13 Å². The van der Waals surface area contributed by atoms with Gasteiger partial charge in [0.25, 0.3) is 11.6 Å². The molecule has 1 amide bonds. The van der Waals surface area contributed by atoms with Gasteiger partial charge in [0.2, 0.25) is 0 Å². The van der Waals surface area contributed by atoms with E-state index < -0.39 is 4.92 Å². The van der Waals surface area contributed by atoms with Crippen molar-refractivity contribution in [1.29, 1.82) is 0 Å². The number of nitro benzene ring substituents is 1. The molecule has 3 aromatic carbocycles. The van der Waals surface area contributed by atoms with Crippen molar-refractivity contribution in [3.8, 4) is 5.75 Å². The number of carbonyl (C=O) groups excluding carboxylic acids is 1. The monoisotopic (exact) mass is 475 g/mol. The number of thiazole rings is 1. The molecule has 0 radical (unpaired) electrons. The molecule has 5 rings (SSSR count). The van der Waals surface area contributed by atoms with E-state index in [4.69, 9.17) is 9.72 Å². The Morgan fingerprint density at radius 3 is 2.61 bits per heavy atom. The highest BCUT2D eigenvalue weighted by atomic mass is 32.1. The van der Waals surface area contributed by atoms with Crippen LogP contribution in [0.3, 0.4) is 0 Å². The van der Waals surface area contributed by atoms with Gasteiger partial charge in [0.05, 0.1) is 33.7 Å². The number of aromatic nitrogens is 1. The molecule has 33 heavy (non-hydrogen) atoms. The first kappa shape index (κ1) is 21.0. The van der Waals surface area contributed by atoms with Crippen LogP contribution in [-0.2, 0) is 6.54 Å². The molecular weight excluding hydrogens is 458 g/mol. The van der Waals surface area contributed by atoms with Gasteiger partial charge in [-0.05, 0) is 35.9 Å². The van der Waals surface area contributed by atoms with E-state index in [2.05, 4.69) is 0 Å². The molecular formula is C24H17N3O4S2. The Bertz CT molecular complexity index is 1490. The van der Waals surface area contributed by atoms with Crippen LogP contribution in [0.15, 0.2) is 72.8 Å². The fourth-order valence-electron chi connectivity index (χ4n) is 3.51. The highest BCUT2D eigenvalue weighted by Gasteiger charge is 2.24. The molecule has 0 saturated heterocycles. The minimum atomic E-state index is -0.435. The number of ether oxygens (including phenoxy) is 1. The molecule has 0 fully saturated rings. The number of carbonyl (C=O) groups is 1. The van der Waals surface area contributed by atoms with Crippen LogP contribution < -0.4 is 9.64 Å². The summed E-state index contributed by atoms with van der Waals surface area (Å²) in [6.45, 7) is 0.352. The molecule has 0 aliphatic carbocycles. The van der Waals surface area contributed by atoms with Crippen LogP contribution >= 0.6 is 22.7 Å². The average Bonchev–Trinajstić information content (AvgIpc) is 3.45. The third-order valence-corrected chi connectivity index (χ3v) is 7.31. The minimum absolute atomic E-state index is 0.000519. The van der Waals surface area contributed by atoms with E-state index in [1.54, 1.807) is 24.1 Å². The predicted octanol–water partition coefficient (Wildman–Crippen LogP) is 6.27. The number of hydrogen-bond acceptors (Lipinski definition) is 7. The summed E-state index contributed by atoms with van der Waals surface area (Å²) in [5.41, 5.74) is 1.76. The fourth-order valence-corrected chi connectivity index (χ4v) is 5.49. The first-order chi connectivity index (χ1) is 16.0. The van der Waals surface area contributed by atoms with Crippen molar-refractivity contribution in [2.45, 2.75) is 6.54 Å². The Kier molecular flexibility index (Phi) is 5.49. The summed E-state index contributed by atoms with van der Waals surface area (Å²) >= 11 is 2.74. The van der Waals surface area contributed by atoms with E-state index in [0.717, 1.165) is 26.2 Å². The number of anilines is 1. The van der Waals surface area contributed by atoms with Crippen LogP contribution in [0.25, 0.3) is 20.3 Å². The molecule has 0 saturated carbocycles. The van der Waals surface area contributed by atoms with E-state index in [1.807, 2.05) is 48.5 Å². The second kappa shape index (κ2) is 8.61. The third kappa shape index (κ3) is 4.15. The molecule has 0 aliphatic heterocycles. The second-order valence-corrected chi connectivity index (χ2v) is 9.39. The maximum atomic E-state index is 13.7. The standard InChI is InChI=1S/C24H17N3O4S2/c1-31-18-8-9-19-21(13-18)33-24(25-19)26(14-15-5-3-2-4-6-15)23(28)22-12-16-11-17(27(29)30)7-10-20(16)32-22/h2-13H,14H2,1H3. The number of hydrogen-bond donors (Lipinski definition) is 0. The van der Waals surface area contributed by atoms with Gasteiger partial charge < -0.3 is 4.74 Å². The predicted molar refractivity (Wildman–Crippen MR) is 132 cm³/mol. The van der Waals surface area contributed by atoms with Crippen LogP contribution in [-0.4, -0.2) is 22.9 Å². The maximum absolute atomic E-state index is 13.7. The number of methoxy groups -OCH3 is 1.